The van der Waals surface area contributed by atoms with E-state index in [4.69, 9.17) is 4.74 Å². The molecule has 0 aliphatic heterocycles. The maximum absolute atomic E-state index is 12.1. The van der Waals surface area contributed by atoms with Crippen molar-refractivity contribution in [3.8, 4) is 5.75 Å². The maximum Gasteiger partial charge on any atom is 0.224 e. The number of nitrogens with one attached hydrogen (secondary N) is 1. The van der Waals surface area contributed by atoms with E-state index in [1.807, 2.05) is 36.4 Å². The molecular formula is C20H25NO3. The Balaban J connectivity index is 1.95. The number of rotatable bonds is 7. The van der Waals surface area contributed by atoms with Gasteiger partial charge >= 0.3 is 0 Å². The van der Waals surface area contributed by atoms with E-state index in [1.165, 1.54) is 5.56 Å². The van der Waals surface area contributed by atoms with Crippen molar-refractivity contribution in [2.24, 2.45) is 0 Å². The molecule has 24 heavy (non-hydrogen) atoms. The molecule has 0 saturated heterocycles. The number of benzene rings is 2. The number of hydrogen-bond donors (Lipinski definition) is 2. The molecule has 0 aromatic heterocycles. The Morgan fingerprint density at radius 1 is 1.12 bits per heavy atom. The van der Waals surface area contributed by atoms with E-state index in [0.29, 0.717) is 6.61 Å². The molecule has 0 spiro atoms. The number of aliphatic hydroxyl groups excluding tert-OH is 1. The lowest BCUT2D eigenvalue weighted by Gasteiger charge is -2.23. The second-order valence-corrected chi connectivity index (χ2v) is 6.69. The molecule has 0 aliphatic carbocycles. The summed E-state index contributed by atoms with van der Waals surface area (Å²) in [6, 6.07) is 15.7. The van der Waals surface area contributed by atoms with Gasteiger partial charge in [0.15, 0.2) is 0 Å². The third kappa shape index (κ3) is 5.70. The van der Waals surface area contributed by atoms with Crippen molar-refractivity contribution < 1.29 is 14.6 Å². The smallest absolute Gasteiger partial charge is 0.224 e. The van der Waals surface area contributed by atoms with Crippen LogP contribution in [0.1, 0.15) is 30.5 Å². The molecule has 128 valence electrons. The van der Waals surface area contributed by atoms with Crippen LogP contribution in [0.3, 0.4) is 0 Å². The molecule has 2 rings (SSSR count). The molecule has 2 aromatic rings. The third-order valence-corrected chi connectivity index (χ3v) is 3.62. The van der Waals surface area contributed by atoms with Crippen LogP contribution >= 0.6 is 0 Å². The van der Waals surface area contributed by atoms with Gasteiger partial charge in [0.2, 0.25) is 5.91 Å². The molecule has 1 amide bonds. The van der Waals surface area contributed by atoms with E-state index in [1.54, 1.807) is 13.8 Å². The van der Waals surface area contributed by atoms with Crippen LogP contribution in [-0.4, -0.2) is 23.2 Å². The largest absolute Gasteiger partial charge is 0.489 e. The van der Waals surface area contributed by atoms with E-state index in [-0.39, 0.29) is 18.9 Å². The molecule has 2 N–H and O–H groups in total. The number of hydrogen-bond acceptors (Lipinski definition) is 3. The Kier molecular flexibility index (Phi) is 5.99. The third-order valence-electron chi connectivity index (χ3n) is 3.62. The highest BCUT2D eigenvalue weighted by Crippen LogP contribution is 2.16. The molecule has 2 aromatic carbocycles. The minimum Gasteiger partial charge on any atom is -0.489 e. The number of aliphatic hydroxyl groups is 1. The lowest BCUT2D eigenvalue weighted by molar-refractivity contribution is -0.122. The Bertz CT molecular complexity index is 695. The molecule has 0 saturated carbocycles. The summed E-state index contributed by atoms with van der Waals surface area (Å²) >= 11 is 0. The maximum atomic E-state index is 12.1. The Morgan fingerprint density at radius 2 is 1.83 bits per heavy atom. The normalized spacial score (nSPS) is 11.2. The number of carbonyl (C=O) groups excluding carboxylic acids is 1. The van der Waals surface area contributed by atoms with Crippen LogP contribution in [0.2, 0.25) is 0 Å². The van der Waals surface area contributed by atoms with E-state index >= 15 is 0 Å². The zero-order valence-corrected chi connectivity index (χ0v) is 14.5. The fourth-order valence-corrected chi connectivity index (χ4v) is 2.36. The monoisotopic (exact) mass is 327 g/mol. The van der Waals surface area contributed by atoms with Crippen molar-refractivity contribution in [2.75, 3.05) is 6.61 Å². The molecule has 0 aliphatic rings. The first kappa shape index (κ1) is 18.0. The average Bonchev–Trinajstić information content (AvgIpc) is 2.53. The van der Waals surface area contributed by atoms with Gasteiger partial charge in [0, 0.05) is 0 Å². The number of ether oxygens (including phenoxy) is 1. The van der Waals surface area contributed by atoms with E-state index < -0.39 is 5.54 Å². The number of aryl methyl sites for hydroxylation is 1. The highest BCUT2D eigenvalue weighted by molar-refractivity contribution is 5.79. The quantitative estimate of drug-likeness (QED) is 0.822. The molecule has 4 heteroatoms. The van der Waals surface area contributed by atoms with Crippen molar-refractivity contribution in [3.63, 3.8) is 0 Å². The first-order chi connectivity index (χ1) is 11.4. The van der Waals surface area contributed by atoms with Gasteiger partial charge in [-0.3, -0.25) is 4.79 Å². The predicted molar refractivity (Wildman–Crippen MR) is 95.0 cm³/mol. The molecule has 0 heterocycles. The van der Waals surface area contributed by atoms with Crippen LogP contribution in [0.5, 0.6) is 5.75 Å². The van der Waals surface area contributed by atoms with Gasteiger partial charge in [0.05, 0.1) is 18.6 Å². The van der Waals surface area contributed by atoms with E-state index in [0.717, 1.165) is 16.9 Å². The van der Waals surface area contributed by atoms with Crippen LogP contribution in [0.25, 0.3) is 0 Å². The first-order valence-electron chi connectivity index (χ1n) is 8.07. The molecule has 4 nitrogen and oxygen atoms in total. The highest BCUT2D eigenvalue weighted by Gasteiger charge is 2.19. The number of amides is 1. The molecule has 0 fully saturated rings. The van der Waals surface area contributed by atoms with Gasteiger partial charge in [-0.1, -0.05) is 42.0 Å². The van der Waals surface area contributed by atoms with Crippen molar-refractivity contribution >= 4 is 5.91 Å². The SMILES string of the molecule is Cc1cccc(COc2cccc(CC(=O)NC(C)(C)CO)c2)c1. The summed E-state index contributed by atoms with van der Waals surface area (Å²) < 4.78 is 5.82. The lowest BCUT2D eigenvalue weighted by Crippen LogP contribution is -2.46. The van der Waals surface area contributed by atoms with E-state index in [2.05, 4.69) is 24.4 Å². The summed E-state index contributed by atoms with van der Waals surface area (Å²) in [6.07, 6.45) is 0.255. The van der Waals surface area contributed by atoms with Crippen molar-refractivity contribution in [1.82, 2.24) is 5.32 Å². The Morgan fingerprint density at radius 3 is 2.54 bits per heavy atom. The summed E-state index contributed by atoms with van der Waals surface area (Å²) in [6.45, 7) is 6.02. The average molecular weight is 327 g/mol. The predicted octanol–water partition coefficient (Wildman–Crippen LogP) is 3.00. The number of carbonyl (C=O) groups is 1. The molecule has 0 bridgehead atoms. The summed E-state index contributed by atoms with van der Waals surface area (Å²) in [5, 5.41) is 12.0. The second-order valence-electron chi connectivity index (χ2n) is 6.69. The van der Waals surface area contributed by atoms with Crippen molar-refractivity contribution in [1.29, 1.82) is 0 Å². The van der Waals surface area contributed by atoms with Gasteiger partial charge in [-0.25, -0.2) is 0 Å². The molecule has 0 unspecified atom stereocenters. The highest BCUT2D eigenvalue weighted by atomic mass is 16.5. The van der Waals surface area contributed by atoms with Crippen LogP contribution in [0, 0.1) is 6.92 Å². The first-order valence-corrected chi connectivity index (χ1v) is 8.07. The van der Waals surface area contributed by atoms with Crippen LogP contribution in [-0.2, 0) is 17.8 Å². The Hall–Kier alpha value is -2.33. The zero-order valence-electron chi connectivity index (χ0n) is 14.5. The minimum absolute atomic E-state index is 0.0988. The Labute approximate surface area is 143 Å². The summed E-state index contributed by atoms with van der Waals surface area (Å²) in [4.78, 5) is 12.1. The minimum atomic E-state index is -0.615. The van der Waals surface area contributed by atoms with E-state index in [9.17, 15) is 9.90 Å². The zero-order chi connectivity index (χ0) is 17.6. The van der Waals surface area contributed by atoms with Crippen molar-refractivity contribution in [3.05, 3.63) is 65.2 Å². The fraction of sp³-hybridized carbons (Fsp3) is 0.350. The van der Waals surface area contributed by atoms with Crippen LogP contribution in [0.4, 0.5) is 0 Å². The van der Waals surface area contributed by atoms with Gasteiger partial charge in [-0.15, -0.1) is 0 Å². The van der Waals surface area contributed by atoms with Gasteiger partial charge in [-0.2, -0.15) is 0 Å². The summed E-state index contributed by atoms with van der Waals surface area (Å²) in [5.41, 5.74) is 2.58. The van der Waals surface area contributed by atoms with Gasteiger partial charge < -0.3 is 15.2 Å². The molecular weight excluding hydrogens is 302 g/mol. The van der Waals surface area contributed by atoms with Crippen LogP contribution < -0.4 is 10.1 Å². The second kappa shape index (κ2) is 7.97. The molecule has 0 radical (unpaired) electrons. The van der Waals surface area contributed by atoms with Gasteiger partial charge in [0.25, 0.3) is 0 Å². The fourth-order valence-electron chi connectivity index (χ4n) is 2.36. The van der Waals surface area contributed by atoms with Crippen molar-refractivity contribution in [2.45, 2.75) is 39.3 Å². The van der Waals surface area contributed by atoms with Crippen LogP contribution in [0.15, 0.2) is 48.5 Å². The topological polar surface area (TPSA) is 58.6 Å². The van der Waals surface area contributed by atoms with Gasteiger partial charge in [-0.05, 0) is 44.0 Å². The summed E-state index contributed by atoms with van der Waals surface area (Å²) in [7, 11) is 0. The lowest BCUT2D eigenvalue weighted by atomic mass is 10.1. The van der Waals surface area contributed by atoms with Gasteiger partial charge in [0.1, 0.15) is 12.4 Å². The molecule has 0 atom stereocenters. The summed E-state index contributed by atoms with van der Waals surface area (Å²) in [5.74, 6) is 0.619. The standard InChI is InChI=1S/C20H25NO3/c1-15-6-4-8-17(10-15)13-24-18-9-5-7-16(11-18)12-19(23)21-20(2,3)14-22/h4-11,22H,12-14H2,1-3H3,(H,21,23).